The molecule has 0 fully saturated rings. The topological polar surface area (TPSA) is 64.4 Å². The number of carbonyl (C=O) groups excluding carboxylic acids is 1. The Morgan fingerprint density at radius 1 is 0.971 bits per heavy atom. The van der Waals surface area contributed by atoms with E-state index in [1.54, 1.807) is 17.7 Å². The van der Waals surface area contributed by atoms with Crippen molar-refractivity contribution in [2.75, 3.05) is 12.0 Å². The van der Waals surface area contributed by atoms with Crippen molar-refractivity contribution >= 4 is 22.5 Å². The molecule has 0 bridgehead atoms. The van der Waals surface area contributed by atoms with E-state index in [0.717, 1.165) is 16.8 Å². The van der Waals surface area contributed by atoms with Crippen molar-refractivity contribution < 1.29 is 9.53 Å². The lowest BCUT2D eigenvalue weighted by Crippen LogP contribution is -2.36. The molecule has 172 valence electrons. The number of nitrogens with zero attached hydrogens (tertiary/aromatic N) is 3. The second-order valence-corrected chi connectivity index (χ2v) is 8.98. The van der Waals surface area contributed by atoms with Crippen molar-refractivity contribution in [2.45, 2.75) is 39.2 Å². The lowest BCUT2D eigenvalue weighted by atomic mass is 9.95. The molecule has 2 heterocycles. The summed E-state index contributed by atoms with van der Waals surface area (Å²) in [7, 11) is 1.58. The fourth-order valence-electron chi connectivity index (χ4n) is 4.88. The minimum atomic E-state index is -0.425. The second-order valence-electron chi connectivity index (χ2n) is 8.98. The molecule has 0 saturated carbocycles. The smallest absolute Gasteiger partial charge is 0.266 e. The van der Waals surface area contributed by atoms with E-state index in [0.29, 0.717) is 34.6 Å². The van der Waals surface area contributed by atoms with Gasteiger partial charge in [0, 0.05) is 18.2 Å². The molecule has 6 heteroatoms. The van der Waals surface area contributed by atoms with Crippen LogP contribution in [0.25, 0.3) is 16.6 Å². The molecule has 0 aliphatic carbocycles. The molecule has 0 spiro atoms. The summed E-state index contributed by atoms with van der Waals surface area (Å²) >= 11 is 0. The third kappa shape index (κ3) is 3.46. The molecular formula is C28H27N3O3. The minimum Gasteiger partial charge on any atom is -0.495 e. The van der Waals surface area contributed by atoms with E-state index in [1.165, 1.54) is 0 Å². The predicted molar refractivity (Wildman–Crippen MR) is 134 cm³/mol. The van der Waals surface area contributed by atoms with Gasteiger partial charge in [-0.15, -0.1) is 0 Å². The zero-order chi connectivity index (χ0) is 24.0. The molecule has 1 aliphatic heterocycles. The van der Waals surface area contributed by atoms with E-state index in [-0.39, 0.29) is 17.5 Å². The van der Waals surface area contributed by atoms with Gasteiger partial charge in [-0.1, -0.05) is 42.0 Å². The summed E-state index contributed by atoms with van der Waals surface area (Å²) < 4.78 is 7.17. The van der Waals surface area contributed by atoms with Gasteiger partial charge in [0.05, 0.1) is 29.6 Å². The van der Waals surface area contributed by atoms with Gasteiger partial charge in [-0.25, -0.2) is 4.98 Å². The second kappa shape index (κ2) is 8.45. The molecule has 0 radical (unpaired) electrons. The summed E-state index contributed by atoms with van der Waals surface area (Å²) in [5, 5.41) is 0.523. The fourth-order valence-corrected chi connectivity index (χ4v) is 4.88. The third-order valence-electron chi connectivity index (χ3n) is 6.43. The molecule has 0 N–H and O–H groups in total. The number of rotatable bonds is 5. The largest absolute Gasteiger partial charge is 0.495 e. The molecular weight excluding hydrogens is 426 g/mol. The molecule has 5 rings (SSSR count). The van der Waals surface area contributed by atoms with E-state index in [1.807, 2.05) is 80.3 Å². The highest BCUT2D eigenvalue weighted by molar-refractivity contribution is 6.05. The molecule has 3 aromatic carbocycles. The average Bonchev–Trinajstić information content (AvgIpc) is 3.10. The SMILES string of the molecule is COc1ccccc1-n1c(CC2C(=O)N(C(C)C)c3ccc(C)cc32)nc2ccccc2c1=O. The standard InChI is InChI=1S/C28H27N3O3/c1-17(2)30-23-14-13-18(3)15-20(23)21(28(30)33)16-26-29-22-10-6-5-9-19(22)27(32)31(26)24-11-7-8-12-25(24)34-4/h5-15,17,21H,16H2,1-4H3. The Bertz CT molecular complexity index is 1470. The lowest BCUT2D eigenvalue weighted by Gasteiger charge is -2.23. The molecule has 34 heavy (non-hydrogen) atoms. The molecule has 4 aromatic rings. The van der Waals surface area contributed by atoms with Crippen LogP contribution in [0, 0.1) is 6.92 Å². The average molecular weight is 454 g/mol. The number of hydrogen-bond acceptors (Lipinski definition) is 4. The summed E-state index contributed by atoms with van der Waals surface area (Å²) in [4.78, 5) is 34.1. The van der Waals surface area contributed by atoms with Crippen molar-refractivity contribution in [1.29, 1.82) is 0 Å². The maximum atomic E-state index is 13.7. The van der Waals surface area contributed by atoms with Gasteiger partial charge in [-0.05, 0) is 56.7 Å². The van der Waals surface area contributed by atoms with Gasteiger partial charge < -0.3 is 9.64 Å². The molecule has 0 saturated heterocycles. The maximum absolute atomic E-state index is 13.7. The van der Waals surface area contributed by atoms with Crippen LogP contribution in [-0.4, -0.2) is 28.6 Å². The Kier molecular flexibility index (Phi) is 5.44. The number of aryl methyl sites for hydroxylation is 1. The van der Waals surface area contributed by atoms with Gasteiger partial charge in [0.15, 0.2) is 0 Å². The predicted octanol–water partition coefficient (Wildman–Crippen LogP) is 4.78. The highest BCUT2D eigenvalue weighted by Gasteiger charge is 2.39. The van der Waals surface area contributed by atoms with Gasteiger partial charge in [0.1, 0.15) is 11.6 Å². The van der Waals surface area contributed by atoms with Crippen molar-refractivity contribution in [2.24, 2.45) is 0 Å². The van der Waals surface area contributed by atoms with Gasteiger partial charge in [0.2, 0.25) is 5.91 Å². The zero-order valence-electron chi connectivity index (χ0n) is 19.8. The minimum absolute atomic E-state index is 0.0277. The number of benzene rings is 3. The third-order valence-corrected chi connectivity index (χ3v) is 6.43. The first-order valence-corrected chi connectivity index (χ1v) is 11.5. The Labute approximate surface area is 198 Å². The van der Waals surface area contributed by atoms with Crippen LogP contribution in [0.5, 0.6) is 5.75 Å². The maximum Gasteiger partial charge on any atom is 0.266 e. The van der Waals surface area contributed by atoms with E-state index in [9.17, 15) is 9.59 Å². The highest BCUT2D eigenvalue weighted by Crippen LogP contribution is 2.41. The van der Waals surface area contributed by atoms with E-state index in [2.05, 4.69) is 6.07 Å². The molecule has 1 atom stereocenters. The van der Waals surface area contributed by atoms with Crippen LogP contribution in [0.1, 0.15) is 36.7 Å². The first-order valence-electron chi connectivity index (χ1n) is 11.5. The normalized spacial score (nSPS) is 15.3. The number of para-hydroxylation sites is 3. The first-order chi connectivity index (χ1) is 16.4. The summed E-state index contributed by atoms with van der Waals surface area (Å²) in [6, 6.07) is 20.9. The zero-order valence-corrected chi connectivity index (χ0v) is 19.8. The van der Waals surface area contributed by atoms with Gasteiger partial charge >= 0.3 is 0 Å². The number of ether oxygens (including phenoxy) is 1. The van der Waals surface area contributed by atoms with Crippen LogP contribution in [0.2, 0.25) is 0 Å². The van der Waals surface area contributed by atoms with Crippen LogP contribution < -0.4 is 15.2 Å². The Morgan fingerprint density at radius 2 is 1.71 bits per heavy atom. The van der Waals surface area contributed by atoms with Crippen LogP contribution >= 0.6 is 0 Å². The van der Waals surface area contributed by atoms with Crippen molar-refractivity contribution in [3.63, 3.8) is 0 Å². The monoisotopic (exact) mass is 453 g/mol. The van der Waals surface area contributed by atoms with Gasteiger partial charge in [-0.2, -0.15) is 0 Å². The van der Waals surface area contributed by atoms with Crippen molar-refractivity contribution in [1.82, 2.24) is 9.55 Å². The Balaban J connectivity index is 1.73. The van der Waals surface area contributed by atoms with Gasteiger partial charge in [-0.3, -0.25) is 14.2 Å². The Morgan fingerprint density at radius 3 is 2.47 bits per heavy atom. The summed E-state index contributed by atoms with van der Waals surface area (Å²) in [5.41, 5.74) is 4.05. The quantitative estimate of drug-likeness (QED) is 0.436. The van der Waals surface area contributed by atoms with Crippen LogP contribution in [0.4, 0.5) is 5.69 Å². The van der Waals surface area contributed by atoms with Crippen molar-refractivity contribution in [3.8, 4) is 11.4 Å². The molecule has 1 aliphatic rings. The number of anilines is 1. The van der Waals surface area contributed by atoms with E-state index in [4.69, 9.17) is 9.72 Å². The van der Waals surface area contributed by atoms with E-state index < -0.39 is 5.92 Å². The molecule has 1 aromatic heterocycles. The van der Waals surface area contributed by atoms with Crippen LogP contribution in [-0.2, 0) is 11.2 Å². The number of fused-ring (bicyclic) bond motifs is 2. The molecule has 6 nitrogen and oxygen atoms in total. The summed E-state index contributed by atoms with van der Waals surface area (Å²) in [6.07, 6.45) is 0.302. The van der Waals surface area contributed by atoms with Crippen LogP contribution in [0.15, 0.2) is 71.5 Å². The number of hydrogen-bond donors (Lipinski definition) is 0. The molecule has 1 amide bonds. The first kappa shape index (κ1) is 21.9. The number of aromatic nitrogens is 2. The Hall–Kier alpha value is -3.93. The number of carbonyl (C=O) groups is 1. The van der Waals surface area contributed by atoms with E-state index >= 15 is 0 Å². The number of amides is 1. The number of methoxy groups -OCH3 is 1. The summed E-state index contributed by atoms with van der Waals surface area (Å²) in [5.74, 6) is 0.709. The van der Waals surface area contributed by atoms with Crippen LogP contribution in [0.3, 0.4) is 0 Å². The fraction of sp³-hybridized carbons (Fsp3) is 0.250. The van der Waals surface area contributed by atoms with Crippen molar-refractivity contribution in [3.05, 3.63) is 94.0 Å². The van der Waals surface area contributed by atoms with Gasteiger partial charge in [0.25, 0.3) is 5.56 Å². The summed E-state index contributed by atoms with van der Waals surface area (Å²) in [6.45, 7) is 6.06. The lowest BCUT2D eigenvalue weighted by molar-refractivity contribution is -0.119. The molecule has 1 unspecified atom stereocenters. The highest BCUT2D eigenvalue weighted by atomic mass is 16.5.